The van der Waals surface area contributed by atoms with Gasteiger partial charge < -0.3 is 15.1 Å². The number of carbonyl (C=O) groups is 1. The number of halogens is 1. The number of amides is 1. The van der Waals surface area contributed by atoms with Crippen LogP contribution in [0.25, 0.3) is 10.2 Å². The highest BCUT2D eigenvalue weighted by Gasteiger charge is 2.21. The number of rotatable bonds is 5. The fraction of sp³-hybridized carbons (Fsp3) is 0.316. The molecule has 3 heterocycles. The van der Waals surface area contributed by atoms with Crippen molar-refractivity contribution in [1.29, 1.82) is 0 Å². The summed E-state index contributed by atoms with van der Waals surface area (Å²) in [7, 11) is 0. The first kappa shape index (κ1) is 17.7. The van der Waals surface area contributed by atoms with Gasteiger partial charge in [0, 0.05) is 44.8 Å². The van der Waals surface area contributed by atoms with E-state index in [1.807, 2.05) is 16.3 Å². The van der Waals surface area contributed by atoms with Crippen molar-refractivity contribution in [3.63, 3.8) is 0 Å². The van der Waals surface area contributed by atoms with Gasteiger partial charge in [-0.05, 0) is 35.7 Å². The second-order valence-electron chi connectivity index (χ2n) is 6.38. The van der Waals surface area contributed by atoms with E-state index in [1.54, 1.807) is 23.5 Å². The van der Waals surface area contributed by atoms with E-state index >= 15 is 0 Å². The van der Waals surface area contributed by atoms with Gasteiger partial charge in [-0.1, -0.05) is 0 Å². The summed E-state index contributed by atoms with van der Waals surface area (Å²) in [5.41, 5.74) is 0.994. The highest BCUT2D eigenvalue weighted by Crippen LogP contribution is 2.23. The van der Waals surface area contributed by atoms with E-state index in [0.717, 1.165) is 34.8 Å². The number of piperazine rings is 1. The molecular weight excluding hydrogens is 365 g/mol. The monoisotopic (exact) mass is 385 g/mol. The Hall–Kier alpha value is -2.74. The second-order valence-corrected chi connectivity index (χ2v) is 7.28. The second kappa shape index (κ2) is 7.87. The van der Waals surface area contributed by atoms with Gasteiger partial charge in [0.1, 0.15) is 22.8 Å². The van der Waals surface area contributed by atoms with E-state index in [1.165, 1.54) is 18.5 Å². The molecule has 1 aliphatic heterocycles. The Morgan fingerprint density at radius 1 is 1.11 bits per heavy atom. The van der Waals surface area contributed by atoms with Crippen molar-refractivity contribution < 1.29 is 9.18 Å². The Labute approximate surface area is 160 Å². The molecule has 140 valence electrons. The molecule has 8 heteroatoms. The van der Waals surface area contributed by atoms with Crippen molar-refractivity contribution in [2.24, 2.45) is 0 Å². The minimum absolute atomic E-state index is 0.136. The zero-order valence-electron chi connectivity index (χ0n) is 14.8. The van der Waals surface area contributed by atoms with Crippen molar-refractivity contribution in [1.82, 2.24) is 14.9 Å². The number of carbonyl (C=O) groups excluding carboxylic acids is 1. The molecule has 1 saturated heterocycles. The van der Waals surface area contributed by atoms with Crippen molar-refractivity contribution >= 4 is 39.0 Å². The van der Waals surface area contributed by atoms with E-state index in [4.69, 9.17) is 0 Å². The summed E-state index contributed by atoms with van der Waals surface area (Å²) in [6.45, 7) is 3.41. The fourth-order valence-corrected chi connectivity index (χ4v) is 3.98. The third-order valence-corrected chi connectivity index (χ3v) is 5.54. The fourth-order valence-electron chi connectivity index (χ4n) is 3.24. The molecule has 1 aliphatic rings. The Balaban J connectivity index is 1.26. The number of fused-ring (bicyclic) bond motifs is 1. The van der Waals surface area contributed by atoms with Gasteiger partial charge in [-0.15, -0.1) is 11.3 Å². The molecule has 0 saturated carbocycles. The Bertz CT molecular complexity index is 921. The molecule has 4 rings (SSSR count). The lowest BCUT2D eigenvalue weighted by molar-refractivity contribution is -0.131. The normalized spacial score (nSPS) is 14.6. The first-order chi connectivity index (χ1) is 13.2. The Kier molecular flexibility index (Phi) is 5.15. The van der Waals surface area contributed by atoms with Gasteiger partial charge in [-0.2, -0.15) is 0 Å². The van der Waals surface area contributed by atoms with Crippen LogP contribution in [0.1, 0.15) is 6.42 Å². The van der Waals surface area contributed by atoms with Gasteiger partial charge >= 0.3 is 0 Å². The highest BCUT2D eigenvalue weighted by atomic mass is 32.1. The summed E-state index contributed by atoms with van der Waals surface area (Å²) < 4.78 is 13.0. The minimum Gasteiger partial charge on any atom is -0.369 e. The summed E-state index contributed by atoms with van der Waals surface area (Å²) in [5, 5.41) is 6.22. The molecule has 1 amide bonds. The van der Waals surface area contributed by atoms with E-state index in [2.05, 4.69) is 20.2 Å². The molecule has 0 bridgehead atoms. The standard InChI is InChI=1S/C19H20FN5OS/c20-14-1-3-15(4-2-14)24-8-10-25(11-9-24)17(26)5-7-21-18-16-6-12-27-19(16)23-13-22-18/h1-4,6,12-13H,5,7-11H2,(H,21,22,23). The molecule has 6 nitrogen and oxygen atoms in total. The van der Waals surface area contributed by atoms with Crippen LogP contribution in [0, 0.1) is 5.82 Å². The molecule has 0 radical (unpaired) electrons. The van der Waals surface area contributed by atoms with Crippen LogP contribution in [0.4, 0.5) is 15.9 Å². The van der Waals surface area contributed by atoms with Crippen LogP contribution >= 0.6 is 11.3 Å². The average molecular weight is 385 g/mol. The van der Waals surface area contributed by atoms with Crippen LogP contribution in [0.3, 0.4) is 0 Å². The lowest BCUT2D eigenvalue weighted by atomic mass is 10.2. The summed E-state index contributed by atoms with van der Waals surface area (Å²) in [5.74, 6) is 0.676. The highest BCUT2D eigenvalue weighted by molar-refractivity contribution is 7.16. The van der Waals surface area contributed by atoms with Crippen LogP contribution in [0.15, 0.2) is 42.0 Å². The average Bonchev–Trinajstić information content (AvgIpc) is 3.18. The summed E-state index contributed by atoms with van der Waals surface area (Å²) in [6, 6.07) is 8.48. The molecule has 1 aromatic carbocycles. The maximum Gasteiger partial charge on any atom is 0.224 e. The SMILES string of the molecule is O=C(CCNc1ncnc2sccc12)N1CCN(c2ccc(F)cc2)CC1. The van der Waals surface area contributed by atoms with Gasteiger partial charge in [0.15, 0.2) is 0 Å². The third-order valence-electron chi connectivity index (χ3n) is 4.72. The minimum atomic E-state index is -0.233. The number of benzene rings is 1. The Morgan fingerprint density at radius 3 is 2.67 bits per heavy atom. The summed E-state index contributed by atoms with van der Waals surface area (Å²) in [6.07, 6.45) is 1.96. The van der Waals surface area contributed by atoms with E-state index in [0.29, 0.717) is 26.1 Å². The molecule has 0 unspecified atom stereocenters. The number of hydrogen-bond donors (Lipinski definition) is 1. The molecule has 2 aromatic heterocycles. The van der Waals surface area contributed by atoms with Crippen molar-refractivity contribution in [3.05, 3.63) is 47.9 Å². The molecule has 1 fully saturated rings. The first-order valence-corrected chi connectivity index (χ1v) is 9.79. The van der Waals surface area contributed by atoms with E-state index in [-0.39, 0.29) is 11.7 Å². The predicted molar refractivity (Wildman–Crippen MR) is 106 cm³/mol. The molecule has 0 spiro atoms. The van der Waals surface area contributed by atoms with Gasteiger partial charge in [-0.25, -0.2) is 14.4 Å². The molecule has 1 N–H and O–H groups in total. The zero-order valence-corrected chi connectivity index (χ0v) is 15.6. The molecule has 3 aromatic rings. The number of thiophene rings is 1. The lowest BCUT2D eigenvalue weighted by Crippen LogP contribution is -2.49. The molecule has 27 heavy (non-hydrogen) atoms. The summed E-state index contributed by atoms with van der Waals surface area (Å²) >= 11 is 1.57. The maximum atomic E-state index is 13.0. The van der Waals surface area contributed by atoms with Crippen LogP contribution in [-0.4, -0.2) is 53.5 Å². The van der Waals surface area contributed by atoms with Crippen molar-refractivity contribution in [2.45, 2.75) is 6.42 Å². The number of anilines is 2. The van der Waals surface area contributed by atoms with Gasteiger partial charge in [0.25, 0.3) is 0 Å². The number of hydrogen-bond acceptors (Lipinski definition) is 6. The smallest absolute Gasteiger partial charge is 0.224 e. The van der Waals surface area contributed by atoms with Crippen LogP contribution in [0.2, 0.25) is 0 Å². The van der Waals surface area contributed by atoms with Crippen LogP contribution in [0.5, 0.6) is 0 Å². The van der Waals surface area contributed by atoms with Gasteiger partial charge in [0.05, 0.1) is 5.39 Å². The van der Waals surface area contributed by atoms with Gasteiger partial charge in [-0.3, -0.25) is 4.79 Å². The van der Waals surface area contributed by atoms with E-state index in [9.17, 15) is 9.18 Å². The largest absolute Gasteiger partial charge is 0.369 e. The topological polar surface area (TPSA) is 61.4 Å². The number of aromatic nitrogens is 2. The van der Waals surface area contributed by atoms with Crippen molar-refractivity contribution in [3.8, 4) is 0 Å². The predicted octanol–water partition coefficient (Wildman–Crippen LogP) is 2.98. The van der Waals surface area contributed by atoms with E-state index < -0.39 is 0 Å². The van der Waals surface area contributed by atoms with Crippen LogP contribution < -0.4 is 10.2 Å². The third kappa shape index (κ3) is 4.00. The Morgan fingerprint density at radius 2 is 1.89 bits per heavy atom. The maximum absolute atomic E-state index is 13.0. The lowest BCUT2D eigenvalue weighted by Gasteiger charge is -2.36. The molecule has 0 atom stereocenters. The number of nitrogens with one attached hydrogen (secondary N) is 1. The van der Waals surface area contributed by atoms with Crippen molar-refractivity contribution in [2.75, 3.05) is 42.9 Å². The van der Waals surface area contributed by atoms with Gasteiger partial charge in [0.2, 0.25) is 5.91 Å². The summed E-state index contributed by atoms with van der Waals surface area (Å²) in [4.78, 5) is 26.0. The quantitative estimate of drug-likeness (QED) is 0.732. The number of nitrogens with zero attached hydrogens (tertiary/aromatic N) is 4. The molecular formula is C19H20FN5OS. The molecule has 0 aliphatic carbocycles. The zero-order chi connectivity index (χ0) is 18.6. The first-order valence-electron chi connectivity index (χ1n) is 8.91. The van der Waals surface area contributed by atoms with Crippen LogP contribution in [-0.2, 0) is 4.79 Å².